The van der Waals surface area contributed by atoms with E-state index in [1.54, 1.807) is 0 Å². The first-order chi connectivity index (χ1) is 13.5. The molecular weight excluding hydrogens is 384 g/mol. The fourth-order valence-electron chi connectivity index (χ4n) is 3.21. The summed E-state index contributed by atoms with van der Waals surface area (Å²) in [6.45, 7) is 2.45. The first-order valence-electron chi connectivity index (χ1n) is 9.70. The monoisotopic (exact) mass is 409 g/mol. The standard InChI is InChI=1S/C21H25F2NO3S/c1-2-18(24-27-12-13-3-4-13)21-19(25)9-14(10-20(21)26)7-8-28-15-5-6-16(22)17(23)11-15/h5-6,11,13-14,25H,2-4,7-10,12H2,1H3. The molecule has 1 aromatic carbocycles. The second-order valence-electron chi connectivity index (χ2n) is 7.36. The summed E-state index contributed by atoms with van der Waals surface area (Å²) in [6.07, 6.45) is 4.30. The molecule has 2 aliphatic carbocycles. The number of carbonyl (C=O) groups is 1. The van der Waals surface area contributed by atoms with Crippen LogP contribution in [0.25, 0.3) is 0 Å². The molecule has 4 nitrogen and oxygen atoms in total. The van der Waals surface area contributed by atoms with Crippen LogP contribution in [0.5, 0.6) is 0 Å². The van der Waals surface area contributed by atoms with Gasteiger partial charge < -0.3 is 9.94 Å². The molecule has 1 N–H and O–H groups in total. The van der Waals surface area contributed by atoms with Crippen molar-refractivity contribution in [1.29, 1.82) is 0 Å². The molecule has 0 amide bonds. The maximum atomic E-state index is 13.3. The minimum atomic E-state index is -0.863. The Morgan fingerprint density at radius 2 is 2.04 bits per heavy atom. The van der Waals surface area contributed by atoms with Crippen LogP contribution in [-0.4, -0.2) is 29.0 Å². The first kappa shape index (κ1) is 20.8. The summed E-state index contributed by atoms with van der Waals surface area (Å²) in [6, 6.07) is 3.82. The predicted molar refractivity (Wildman–Crippen MR) is 105 cm³/mol. The van der Waals surface area contributed by atoms with Crippen LogP contribution in [-0.2, 0) is 9.63 Å². The van der Waals surface area contributed by atoms with E-state index in [0.29, 0.717) is 60.1 Å². The van der Waals surface area contributed by atoms with Gasteiger partial charge in [0, 0.05) is 17.7 Å². The van der Waals surface area contributed by atoms with Crippen molar-refractivity contribution >= 4 is 23.3 Å². The molecule has 0 aliphatic heterocycles. The zero-order valence-electron chi connectivity index (χ0n) is 15.9. The van der Waals surface area contributed by atoms with Gasteiger partial charge in [0.15, 0.2) is 17.4 Å². The van der Waals surface area contributed by atoms with Crippen LogP contribution in [0.3, 0.4) is 0 Å². The Hall–Kier alpha value is -1.89. The van der Waals surface area contributed by atoms with Gasteiger partial charge in [-0.3, -0.25) is 4.79 Å². The summed E-state index contributed by atoms with van der Waals surface area (Å²) in [5.74, 6) is -0.498. The van der Waals surface area contributed by atoms with Gasteiger partial charge >= 0.3 is 0 Å². The number of halogens is 2. The Morgan fingerprint density at radius 1 is 1.25 bits per heavy atom. The van der Waals surface area contributed by atoms with E-state index in [1.807, 2.05) is 6.92 Å². The third-order valence-electron chi connectivity index (χ3n) is 5.01. The number of carbonyl (C=O) groups excluding carboxylic acids is 1. The number of hydrogen-bond acceptors (Lipinski definition) is 5. The van der Waals surface area contributed by atoms with Crippen molar-refractivity contribution < 1.29 is 23.5 Å². The van der Waals surface area contributed by atoms with Crippen molar-refractivity contribution in [3.63, 3.8) is 0 Å². The number of aliphatic hydroxyl groups excluding tert-OH is 1. The maximum absolute atomic E-state index is 13.3. The topological polar surface area (TPSA) is 58.9 Å². The molecule has 152 valence electrons. The minimum Gasteiger partial charge on any atom is -0.511 e. The smallest absolute Gasteiger partial charge is 0.168 e. The van der Waals surface area contributed by atoms with Gasteiger partial charge in [0.05, 0.1) is 11.3 Å². The molecule has 0 bridgehead atoms. The third-order valence-corrected chi connectivity index (χ3v) is 6.04. The Morgan fingerprint density at radius 3 is 2.68 bits per heavy atom. The first-order valence-corrected chi connectivity index (χ1v) is 10.7. The number of hydrogen-bond donors (Lipinski definition) is 1. The number of thioether (sulfide) groups is 1. The molecule has 0 heterocycles. The molecule has 0 spiro atoms. The molecule has 7 heteroatoms. The lowest BCUT2D eigenvalue weighted by Crippen LogP contribution is -2.25. The van der Waals surface area contributed by atoms with Gasteiger partial charge in [0.2, 0.25) is 0 Å². The van der Waals surface area contributed by atoms with Crippen molar-refractivity contribution in [3.05, 3.63) is 41.2 Å². The second kappa shape index (κ2) is 9.54. The Kier molecular flexibility index (Phi) is 7.10. The predicted octanol–water partition coefficient (Wildman–Crippen LogP) is 5.43. The van der Waals surface area contributed by atoms with Gasteiger partial charge in [-0.1, -0.05) is 12.1 Å². The SMILES string of the molecule is CCC(=NOCC1CC1)C1=C(O)CC(CCSc2ccc(F)c(F)c2)CC1=O. The van der Waals surface area contributed by atoms with Crippen molar-refractivity contribution in [1.82, 2.24) is 0 Å². The number of Topliss-reactive ketones (excluding diaryl/α,β-unsaturated/α-hetero) is 1. The Labute approximate surface area is 168 Å². The van der Waals surface area contributed by atoms with Crippen LogP contribution in [0, 0.1) is 23.5 Å². The molecule has 3 rings (SSSR count). The number of rotatable bonds is 9. The van der Waals surface area contributed by atoms with Crippen LogP contribution >= 0.6 is 11.8 Å². The fourth-order valence-corrected chi connectivity index (χ4v) is 4.24. The quantitative estimate of drug-likeness (QED) is 0.336. The van der Waals surface area contributed by atoms with Crippen LogP contribution in [0.1, 0.15) is 45.4 Å². The van der Waals surface area contributed by atoms with Crippen LogP contribution < -0.4 is 0 Å². The lowest BCUT2D eigenvalue weighted by Gasteiger charge is -2.23. The minimum absolute atomic E-state index is 0.0273. The highest BCUT2D eigenvalue weighted by molar-refractivity contribution is 7.99. The fraction of sp³-hybridized carbons (Fsp3) is 0.524. The second-order valence-corrected chi connectivity index (χ2v) is 8.53. The van der Waals surface area contributed by atoms with E-state index < -0.39 is 11.6 Å². The highest BCUT2D eigenvalue weighted by Crippen LogP contribution is 2.32. The van der Waals surface area contributed by atoms with Gasteiger partial charge in [0.25, 0.3) is 0 Å². The molecule has 0 saturated heterocycles. The van der Waals surface area contributed by atoms with E-state index in [0.717, 1.165) is 18.9 Å². The van der Waals surface area contributed by atoms with Crippen LogP contribution in [0.2, 0.25) is 0 Å². The largest absolute Gasteiger partial charge is 0.511 e. The summed E-state index contributed by atoms with van der Waals surface area (Å²) in [5, 5.41) is 14.5. The average molecular weight is 409 g/mol. The lowest BCUT2D eigenvalue weighted by atomic mass is 9.83. The maximum Gasteiger partial charge on any atom is 0.168 e. The summed E-state index contributed by atoms with van der Waals surface area (Å²) < 4.78 is 26.2. The van der Waals surface area contributed by atoms with Crippen LogP contribution in [0.15, 0.2) is 39.6 Å². The van der Waals surface area contributed by atoms with E-state index >= 15 is 0 Å². The average Bonchev–Trinajstić information content (AvgIpc) is 3.47. The van der Waals surface area contributed by atoms with E-state index in [1.165, 1.54) is 23.9 Å². The number of ketones is 1. The molecule has 0 aromatic heterocycles. The number of allylic oxidation sites excluding steroid dienone is 2. The lowest BCUT2D eigenvalue weighted by molar-refractivity contribution is -0.116. The zero-order valence-corrected chi connectivity index (χ0v) is 16.7. The summed E-state index contributed by atoms with van der Waals surface area (Å²) >= 11 is 1.41. The van der Waals surface area contributed by atoms with Crippen LogP contribution in [0.4, 0.5) is 8.78 Å². The van der Waals surface area contributed by atoms with E-state index in [2.05, 4.69) is 5.16 Å². The molecule has 28 heavy (non-hydrogen) atoms. The number of nitrogens with zero attached hydrogens (tertiary/aromatic N) is 1. The molecular formula is C21H25F2NO3S. The highest BCUT2D eigenvalue weighted by Gasteiger charge is 2.30. The number of oxime groups is 1. The summed E-state index contributed by atoms with van der Waals surface area (Å²) in [4.78, 5) is 18.6. The van der Waals surface area contributed by atoms with Crippen molar-refractivity contribution in [2.24, 2.45) is 17.0 Å². The molecule has 1 atom stereocenters. The van der Waals surface area contributed by atoms with Gasteiger partial charge in [-0.2, -0.15) is 0 Å². The van der Waals surface area contributed by atoms with E-state index in [-0.39, 0.29) is 17.5 Å². The van der Waals surface area contributed by atoms with E-state index in [9.17, 15) is 18.7 Å². The summed E-state index contributed by atoms with van der Waals surface area (Å²) in [7, 11) is 0. The molecule has 1 fully saturated rings. The van der Waals surface area contributed by atoms with Gasteiger partial charge in [0.1, 0.15) is 12.4 Å². The molecule has 1 saturated carbocycles. The normalized spacial score (nSPS) is 20.6. The molecule has 0 radical (unpaired) electrons. The Bertz CT molecular complexity index is 790. The van der Waals surface area contributed by atoms with Gasteiger partial charge in [-0.25, -0.2) is 8.78 Å². The molecule has 1 aromatic rings. The zero-order chi connectivity index (χ0) is 20.1. The number of benzene rings is 1. The van der Waals surface area contributed by atoms with Crippen molar-refractivity contribution in [2.45, 2.75) is 50.3 Å². The Balaban J connectivity index is 1.54. The molecule has 1 unspecified atom stereocenters. The van der Waals surface area contributed by atoms with E-state index in [4.69, 9.17) is 4.84 Å². The van der Waals surface area contributed by atoms with Gasteiger partial charge in [-0.15, -0.1) is 11.8 Å². The van der Waals surface area contributed by atoms with Gasteiger partial charge in [-0.05, 0) is 61.5 Å². The number of aliphatic hydroxyl groups is 1. The van der Waals surface area contributed by atoms with Crippen molar-refractivity contribution in [3.8, 4) is 0 Å². The third kappa shape index (κ3) is 5.56. The van der Waals surface area contributed by atoms with Crippen molar-refractivity contribution in [2.75, 3.05) is 12.4 Å². The highest BCUT2D eigenvalue weighted by atomic mass is 32.2. The summed E-state index contributed by atoms with van der Waals surface area (Å²) in [5.41, 5.74) is 0.820. The molecule has 2 aliphatic rings.